The van der Waals surface area contributed by atoms with E-state index in [1.165, 1.54) is 0 Å². The smallest absolute Gasteiger partial charge is 0.111 e. The lowest BCUT2D eigenvalue weighted by atomic mass is 9.46. The molecule has 0 amide bonds. The van der Waals surface area contributed by atoms with Crippen LogP contribution in [0.3, 0.4) is 0 Å². The first kappa shape index (κ1) is 6.64. The lowest BCUT2D eigenvalue weighted by Crippen LogP contribution is -2.63. The third-order valence-electron chi connectivity index (χ3n) is 3.04. The molecule has 0 aliphatic heterocycles. The maximum absolute atomic E-state index is 8.57. The van der Waals surface area contributed by atoms with Gasteiger partial charge in [-0.3, -0.25) is 0 Å². The molecule has 4 heteroatoms. The van der Waals surface area contributed by atoms with Gasteiger partial charge in [0.25, 0.3) is 0 Å². The van der Waals surface area contributed by atoms with Crippen LogP contribution in [0.5, 0.6) is 0 Å². The zero-order chi connectivity index (χ0) is 8.06. The Morgan fingerprint density at radius 1 is 1.45 bits per heavy atom. The van der Waals surface area contributed by atoms with Crippen molar-refractivity contribution >= 4 is 11.4 Å². The minimum atomic E-state index is 0.0102. The highest BCUT2D eigenvalue weighted by molar-refractivity contribution is 6.52. The summed E-state index contributed by atoms with van der Waals surface area (Å²) in [5.41, 5.74) is 1.15. The normalized spacial score (nSPS) is 48.3. The molecule has 0 aromatic rings. The van der Waals surface area contributed by atoms with Crippen molar-refractivity contribution in [3.63, 3.8) is 0 Å². The van der Waals surface area contributed by atoms with Gasteiger partial charge in [0.15, 0.2) is 0 Å². The van der Waals surface area contributed by atoms with E-state index in [2.05, 4.69) is 10.3 Å². The molecule has 2 N–H and O–H groups in total. The van der Waals surface area contributed by atoms with E-state index in [4.69, 9.17) is 10.4 Å². The summed E-state index contributed by atoms with van der Waals surface area (Å²) in [6, 6.07) is 0. The van der Waals surface area contributed by atoms with Crippen LogP contribution in [0.1, 0.15) is 19.8 Å². The number of hydrogen-bond donors (Lipinski definition) is 2. The van der Waals surface area contributed by atoms with Crippen molar-refractivity contribution in [2.45, 2.75) is 19.8 Å². The zero-order valence-corrected chi connectivity index (χ0v) is 6.28. The third-order valence-corrected chi connectivity index (χ3v) is 3.04. The SMILES string of the molecule is C[C@@]12CC[C@@H]1C(=N/O)/C2=N\O. The van der Waals surface area contributed by atoms with E-state index in [1.54, 1.807) is 0 Å². The number of fused-ring (bicyclic) bond motifs is 1. The van der Waals surface area contributed by atoms with Crippen LogP contribution in [0.15, 0.2) is 10.3 Å². The van der Waals surface area contributed by atoms with E-state index in [1.807, 2.05) is 6.92 Å². The number of rotatable bonds is 0. The summed E-state index contributed by atoms with van der Waals surface area (Å²) in [5, 5.41) is 23.3. The first-order valence-electron chi connectivity index (χ1n) is 3.69. The molecule has 0 spiro atoms. The summed E-state index contributed by atoms with van der Waals surface area (Å²) in [6.45, 7) is 2.03. The third kappa shape index (κ3) is 0.514. The molecular weight excluding hydrogens is 144 g/mol. The molecule has 2 rings (SSSR count). The maximum Gasteiger partial charge on any atom is 0.111 e. The Bertz CT molecular complexity index is 259. The van der Waals surface area contributed by atoms with Crippen molar-refractivity contribution in [3.8, 4) is 0 Å². The van der Waals surface area contributed by atoms with Crippen LogP contribution in [0, 0.1) is 11.3 Å². The van der Waals surface area contributed by atoms with Crippen LogP contribution in [0.2, 0.25) is 0 Å². The second-order valence-corrected chi connectivity index (χ2v) is 3.44. The van der Waals surface area contributed by atoms with Crippen molar-refractivity contribution in [1.29, 1.82) is 0 Å². The Kier molecular flexibility index (Phi) is 1.06. The van der Waals surface area contributed by atoms with Crippen LogP contribution in [0.25, 0.3) is 0 Å². The fourth-order valence-electron chi connectivity index (χ4n) is 2.11. The standard InChI is InChI=1S/C7H10N2O2/c1-7-3-2-4(7)5(8-10)6(7)9-11/h4,10-11H,2-3H2,1H3/b8-5-,9-6+/t4-,7-/m1/s1. The Morgan fingerprint density at radius 3 is 2.45 bits per heavy atom. The Balaban J connectivity index is 2.33. The van der Waals surface area contributed by atoms with Gasteiger partial charge in [-0.2, -0.15) is 0 Å². The van der Waals surface area contributed by atoms with E-state index in [-0.39, 0.29) is 5.41 Å². The van der Waals surface area contributed by atoms with Crippen molar-refractivity contribution in [2.24, 2.45) is 21.6 Å². The monoisotopic (exact) mass is 154 g/mol. The van der Waals surface area contributed by atoms with E-state index in [0.717, 1.165) is 12.8 Å². The molecule has 2 aliphatic rings. The molecule has 0 unspecified atom stereocenters. The molecule has 2 atom stereocenters. The molecule has 2 fully saturated rings. The van der Waals surface area contributed by atoms with Crippen LogP contribution in [0.4, 0.5) is 0 Å². The fraction of sp³-hybridized carbons (Fsp3) is 0.714. The summed E-state index contributed by atoms with van der Waals surface area (Å²) >= 11 is 0. The van der Waals surface area contributed by atoms with Gasteiger partial charge in [0, 0.05) is 11.3 Å². The highest BCUT2D eigenvalue weighted by atomic mass is 16.4. The highest BCUT2D eigenvalue weighted by Gasteiger charge is 2.61. The fourth-order valence-corrected chi connectivity index (χ4v) is 2.11. The quantitative estimate of drug-likeness (QED) is 0.405. The van der Waals surface area contributed by atoms with Gasteiger partial charge in [-0.25, -0.2) is 0 Å². The molecule has 11 heavy (non-hydrogen) atoms. The number of nitrogens with zero attached hydrogens (tertiary/aromatic N) is 2. The van der Waals surface area contributed by atoms with Crippen molar-refractivity contribution in [1.82, 2.24) is 0 Å². The van der Waals surface area contributed by atoms with E-state index in [0.29, 0.717) is 17.3 Å². The Morgan fingerprint density at radius 2 is 2.18 bits per heavy atom. The molecule has 0 saturated heterocycles. The minimum absolute atomic E-state index is 0.0102. The summed E-state index contributed by atoms with van der Waals surface area (Å²) in [7, 11) is 0. The summed E-state index contributed by atoms with van der Waals surface area (Å²) < 4.78 is 0. The van der Waals surface area contributed by atoms with Gasteiger partial charge in [0.2, 0.25) is 0 Å². The van der Waals surface area contributed by atoms with Gasteiger partial charge in [-0.15, -0.1) is 0 Å². The average Bonchev–Trinajstić information content (AvgIpc) is 2.01. The topological polar surface area (TPSA) is 65.2 Å². The molecule has 0 aromatic heterocycles. The van der Waals surface area contributed by atoms with Crippen LogP contribution in [-0.4, -0.2) is 21.8 Å². The highest BCUT2D eigenvalue weighted by Crippen LogP contribution is 2.56. The van der Waals surface area contributed by atoms with Gasteiger partial charge in [0.1, 0.15) is 11.4 Å². The number of hydrogen-bond acceptors (Lipinski definition) is 4. The van der Waals surface area contributed by atoms with Gasteiger partial charge in [-0.05, 0) is 12.8 Å². The Hall–Kier alpha value is -1.06. The predicted octanol–water partition coefficient (Wildman–Crippen LogP) is 1.08. The van der Waals surface area contributed by atoms with Crippen LogP contribution in [-0.2, 0) is 0 Å². The first-order valence-corrected chi connectivity index (χ1v) is 3.69. The summed E-state index contributed by atoms with van der Waals surface area (Å²) in [4.78, 5) is 0. The van der Waals surface area contributed by atoms with E-state index in [9.17, 15) is 0 Å². The largest absolute Gasteiger partial charge is 0.411 e. The molecule has 2 aliphatic carbocycles. The summed E-state index contributed by atoms with van der Waals surface area (Å²) in [6.07, 6.45) is 2.09. The van der Waals surface area contributed by atoms with Crippen molar-refractivity contribution in [2.75, 3.05) is 0 Å². The molecule has 0 radical (unpaired) electrons. The van der Waals surface area contributed by atoms with Gasteiger partial charge < -0.3 is 10.4 Å². The summed E-state index contributed by atoms with van der Waals surface area (Å²) in [5.74, 6) is 0.332. The average molecular weight is 154 g/mol. The van der Waals surface area contributed by atoms with Gasteiger partial charge in [-0.1, -0.05) is 17.2 Å². The van der Waals surface area contributed by atoms with Crippen molar-refractivity contribution in [3.05, 3.63) is 0 Å². The lowest BCUT2D eigenvalue weighted by Gasteiger charge is -2.56. The predicted molar refractivity (Wildman–Crippen MR) is 39.3 cm³/mol. The number of oxime groups is 2. The molecule has 0 aromatic carbocycles. The van der Waals surface area contributed by atoms with Crippen LogP contribution < -0.4 is 0 Å². The van der Waals surface area contributed by atoms with E-state index < -0.39 is 0 Å². The molecule has 4 nitrogen and oxygen atoms in total. The van der Waals surface area contributed by atoms with E-state index >= 15 is 0 Å². The molecule has 60 valence electrons. The Labute approximate surface area is 64.2 Å². The molecule has 0 heterocycles. The second kappa shape index (κ2) is 1.75. The second-order valence-electron chi connectivity index (χ2n) is 3.44. The first-order chi connectivity index (χ1) is 5.24. The molecule has 2 saturated carbocycles. The minimum Gasteiger partial charge on any atom is -0.411 e. The zero-order valence-electron chi connectivity index (χ0n) is 6.28. The lowest BCUT2D eigenvalue weighted by molar-refractivity contribution is 0.153. The van der Waals surface area contributed by atoms with Crippen molar-refractivity contribution < 1.29 is 10.4 Å². The molecule has 0 bridgehead atoms. The van der Waals surface area contributed by atoms with Gasteiger partial charge >= 0.3 is 0 Å². The molecular formula is C7H10N2O2. The maximum atomic E-state index is 8.57. The van der Waals surface area contributed by atoms with Gasteiger partial charge in [0.05, 0.1) is 0 Å². The van der Waals surface area contributed by atoms with Crippen LogP contribution >= 0.6 is 0 Å².